The molecule has 0 unspecified atom stereocenters. The molecule has 9 nitrogen and oxygen atoms in total. The molecular formula is C26H36N6O3. The van der Waals surface area contributed by atoms with Crippen LogP contribution >= 0.6 is 0 Å². The molecule has 4 rings (SSSR count). The smallest absolute Gasteiger partial charge is 0.255 e. The van der Waals surface area contributed by atoms with Crippen LogP contribution in [-0.2, 0) is 22.6 Å². The molecule has 35 heavy (non-hydrogen) atoms. The highest BCUT2D eigenvalue weighted by Gasteiger charge is 2.24. The van der Waals surface area contributed by atoms with Gasteiger partial charge in [0.25, 0.3) is 5.91 Å². The van der Waals surface area contributed by atoms with Crippen LogP contribution in [0.5, 0.6) is 0 Å². The van der Waals surface area contributed by atoms with Crippen molar-refractivity contribution >= 4 is 28.5 Å². The molecule has 2 aromatic heterocycles. The summed E-state index contributed by atoms with van der Waals surface area (Å²) in [6, 6.07) is 5.67. The van der Waals surface area contributed by atoms with Gasteiger partial charge in [0.05, 0.1) is 41.8 Å². The van der Waals surface area contributed by atoms with Crippen molar-refractivity contribution in [1.29, 1.82) is 0 Å². The molecule has 0 atom stereocenters. The van der Waals surface area contributed by atoms with E-state index in [0.717, 1.165) is 42.6 Å². The monoisotopic (exact) mass is 480 g/mol. The number of amides is 2. The zero-order valence-corrected chi connectivity index (χ0v) is 21.2. The molecule has 1 saturated carbocycles. The van der Waals surface area contributed by atoms with Crippen molar-refractivity contribution in [2.24, 2.45) is 5.92 Å². The summed E-state index contributed by atoms with van der Waals surface area (Å²) in [5.74, 6) is -0.0649. The predicted molar refractivity (Wildman–Crippen MR) is 135 cm³/mol. The fourth-order valence-electron chi connectivity index (χ4n) is 4.87. The Hall–Kier alpha value is -3.20. The molecule has 188 valence electrons. The molecule has 1 aliphatic carbocycles. The van der Waals surface area contributed by atoms with Crippen LogP contribution in [0.3, 0.4) is 0 Å². The number of hydrogen-bond acceptors (Lipinski definition) is 5. The van der Waals surface area contributed by atoms with Crippen LogP contribution in [-0.4, -0.2) is 63.4 Å². The first-order valence-corrected chi connectivity index (χ1v) is 12.4. The maximum absolute atomic E-state index is 13.6. The lowest BCUT2D eigenvalue weighted by Gasteiger charge is -2.22. The van der Waals surface area contributed by atoms with Gasteiger partial charge in [0.15, 0.2) is 0 Å². The standard InChI is InChI=1S/C26H36N6O3/c1-18-14-19(2)32(29-18)11-10-30(3)26(34)22-15-21(28-25(33)20-8-6-5-7-9-20)16-23-24(22)31(17-27-23)12-13-35-4/h14-17,20H,5-13H2,1-4H3,(H,28,33). The van der Waals surface area contributed by atoms with Gasteiger partial charge in [-0.1, -0.05) is 19.3 Å². The van der Waals surface area contributed by atoms with Gasteiger partial charge in [-0.3, -0.25) is 14.3 Å². The van der Waals surface area contributed by atoms with Crippen LogP contribution < -0.4 is 5.32 Å². The van der Waals surface area contributed by atoms with E-state index in [1.54, 1.807) is 31.5 Å². The first kappa shape index (κ1) is 24.9. The number of hydrogen-bond donors (Lipinski definition) is 1. The zero-order chi connectivity index (χ0) is 24.9. The molecule has 1 N–H and O–H groups in total. The summed E-state index contributed by atoms with van der Waals surface area (Å²) in [6.45, 7) is 6.17. The number of aryl methyl sites for hydroxylation is 2. The van der Waals surface area contributed by atoms with Crippen molar-refractivity contribution < 1.29 is 14.3 Å². The number of likely N-dealkylation sites (N-methyl/N-ethyl adjacent to an activating group) is 1. The molecule has 3 aromatic rings. The summed E-state index contributed by atoms with van der Waals surface area (Å²) >= 11 is 0. The first-order chi connectivity index (χ1) is 16.9. The van der Waals surface area contributed by atoms with Crippen LogP contribution in [0.1, 0.15) is 53.8 Å². The lowest BCUT2D eigenvalue weighted by atomic mass is 9.88. The fourth-order valence-corrected chi connectivity index (χ4v) is 4.87. The quantitative estimate of drug-likeness (QED) is 0.503. The summed E-state index contributed by atoms with van der Waals surface area (Å²) < 4.78 is 9.10. The number of methoxy groups -OCH3 is 1. The number of carbonyl (C=O) groups excluding carboxylic acids is 2. The molecule has 0 saturated heterocycles. The third-order valence-corrected chi connectivity index (χ3v) is 6.82. The fraction of sp³-hybridized carbons (Fsp3) is 0.538. The van der Waals surface area contributed by atoms with Crippen LogP contribution in [0.15, 0.2) is 24.5 Å². The van der Waals surface area contributed by atoms with Gasteiger partial charge in [-0.05, 0) is 44.9 Å². The Morgan fingerprint density at radius 3 is 2.60 bits per heavy atom. The molecule has 1 aromatic carbocycles. The van der Waals surface area contributed by atoms with E-state index in [2.05, 4.69) is 15.4 Å². The minimum absolute atomic E-state index is 0.0270. The third kappa shape index (κ3) is 5.73. The minimum Gasteiger partial charge on any atom is -0.383 e. The molecule has 0 radical (unpaired) electrons. The van der Waals surface area contributed by atoms with Crippen molar-refractivity contribution in [1.82, 2.24) is 24.2 Å². The summed E-state index contributed by atoms with van der Waals surface area (Å²) in [4.78, 5) is 32.8. The molecule has 0 spiro atoms. The lowest BCUT2D eigenvalue weighted by molar-refractivity contribution is -0.120. The van der Waals surface area contributed by atoms with Crippen LogP contribution in [0.25, 0.3) is 11.0 Å². The number of imidazole rings is 1. The summed E-state index contributed by atoms with van der Waals surface area (Å²) in [5.41, 5.74) is 4.59. The molecule has 0 bridgehead atoms. The van der Waals surface area contributed by atoms with Crippen molar-refractivity contribution in [3.05, 3.63) is 41.5 Å². The van der Waals surface area contributed by atoms with E-state index in [-0.39, 0.29) is 17.7 Å². The second kappa shape index (κ2) is 11.0. The number of anilines is 1. The zero-order valence-electron chi connectivity index (χ0n) is 21.2. The maximum atomic E-state index is 13.6. The van der Waals surface area contributed by atoms with E-state index in [9.17, 15) is 9.59 Å². The number of fused-ring (bicyclic) bond motifs is 1. The number of rotatable bonds is 9. The van der Waals surface area contributed by atoms with Crippen molar-refractivity contribution in [2.45, 2.75) is 59.0 Å². The normalized spacial score (nSPS) is 14.4. The van der Waals surface area contributed by atoms with E-state index in [4.69, 9.17) is 4.74 Å². The molecule has 1 fully saturated rings. The molecule has 2 amide bonds. The minimum atomic E-state index is -0.121. The third-order valence-electron chi connectivity index (χ3n) is 6.82. The highest BCUT2D eigenvalue weighted by molar-refractivity contribution is 6.07. The van der Waals surface area contributed by atoms with Gasteiger partial charge in [-0.2, -0.15) is 5.10 Å². The number of carbonyl (C=O) groups is 2. The number of nitrogens with one attached hydrogen (secondary N) is 1. The Balaban J connectivity index is 1.60. The molecule has 0 aliphatic heterocycles. The van der Waals surface area contributed by atoms with E-state index in [1.165, 1.54) is 6.42 Å². The number of benzene rings is 1. The van der Waals surface area contributed by atoms with Crippen LogP contribution in [0, 0.1) is 19.8 Å². The van der Waals surface area contributed by atoms with Gasteiger partial charge >= 0.3 is 0 Å². The molecule has 2 heterocycles. The molecule has 9 heteroatoms. The van der Waals surface area contributed by atoms with E-state index >= 15 is 0 Å². The predicted octanol–water partition coefficient (Wildman–Crippen LogP) is 3.79. The Kier molecular flexibility index (Phi) is 7.85. The van der Waals surface area contributed by atoms with Gasteiger partial charge in [0, 0.05) is 44.5 Å². The van der Waals surface area contributed by atoms with Crippen LogP contribution in [0.2, 0.25) is 0 Å². The maximum Gasteiger partial charge on any atom is 0.255 e. The van der Waals surface area contributed by atoms with E-state index < -0.39 is 0 Å². The molecule has 1 aliphatic rings. The highest BCUT2D eigenvalue weighted by Crippen LogP contribution is 2.28. The number of aromatic nitrogens is 4. The van der Waals surface area contributed by atoms with Gasteiger partial charge < -0.3 is 19.5 Å². The molecular weight excluding hydrogens is 444 g/mol. The SMILES string of the molecule is COCCn1cnc2cc(NC(=O)C3CCCCC3)cc(C(=O)N(C)CCn3nc(C)cc3C)c21. The van der Waals surface area contributed by atoms with Crippen molar-refractivity contribution in [2.75, 3.05) is 32.6 Å². The Labute approximate surface area is 206 Å². The van der Waals surface area contributed by atoms with Gasteiger partial charge in [0.1, 0.15) is 0 Å². The Morgan fingerprint density at radius 1 is 1.14 bits per heavy atom. The van der Waals surface area contributed by atoms with Gasteiger partial charge in [-0.25, -0.2) is 4.98 Å². The van der Waals surface area contributed by atoms with Crippen molar-refractivity contribution in [3.8, 4) is 0 Å². The number of nitrogens with zero attached hydrogens (tertiary/aromatic N) is 5. The summed E-state index contributed by atoms with van der Waals surface area (Å²) in [6.07, 6.45) is 6.93. The largest absolute Gasteiger partial charge is 0.383 e. The van der Waals surface area contributed by atoms with Gasteiger partial charge in [-0.15, -0.1) is 0 Å². The Morgan fingerprint density at radius 2 is 1.91 bits per heavy atom. The summed E-state index contributed by atoms with van der Waals surface area (Å²) in [5, 5.41) is 7.56. The average Bonchev–Trinajstić information content (AvgIpc) is 3.42. The Bertz CT molecular complexity index is 1190. The average molecular weight is 481 g/mol. The van der Waals surface area contributed by atoms with E-state index in [1.807, 2.05) is 35.2 Å². The second-order valence-corrected chi connectivity index (χ2v) is 9.52. The van der Waals surface area contributed by atoms with Gasteiger partial charge in [0.2, 0.25) is 5.91 Å². The topological polar surface area (TPSA) is 94.3 Å². The van der Waals surface area contributed by atoms with Crippen molar-refractivity contribution in [3.63, 3.8) is 0 Å². The highest BCUT2D eigenvalue weighted by atomic mass is 16.5. The second-order valence-electron chi connectivity index (χ2n) is 9.52. The number of ether oxygens (including phenoxy) is 1. The van der Waals surface area contributed by atoms with Crippen LogP contribution in [0.4, 0.5) is 5.69 Å². The van der Waals surface area contributed by atoms with E-state index in [0.29, 0.717) is 43.0 Å². The lowest BCUT2D eigenvalue weighted by Crippen LogP contribution is -2.31. The summed E-state index contributed by atoms with van der Waals surface area (Å²) in [7, 11) is 3.44. The first-order valence-electron chi connectivity index (χ1n) is 12.4.